The second-order valence-corrected chi connectivity index (χ2v) is 6.03. The number of aromatic nitrogens is 1. The molecule has 1 N–H and O–H groups in total. The van der Waals surface area contributed by atoms with Crippen LogP contribution in [0, 0.1) is 6.92 Å². The molecule has 1 unspecified atom stereocenters. The Morgan fingerprint density at radius 2 is 2.10 bits per heavy atom. The van der Waals surface area contributed by atoms with Gasteiger partial charge in [-0.15, -0.1) is 0 Å². The third-order valence-corrected chi connectivity index (χ3v) is 3.88. The van der Waals surface area contributed by atoms with E-state index in [4.69, 9.17) is 4.42 Å². The Hall–Kier alpha value is -1.65. The summed E-state index contributed by atoms with van der Waals surface area (Å²) >= 11 is 3.48. The normalized spacial score (nSPS) is 12.7. The van der Waals surface area contributed by atoms with Gasteiger partial charge >= 0.3 is 0 Å². The summed E-state index contributed by atoms with van der Waals surface area (Å²) in [5, 5.41) is 4.60. The van der Waals surface area contributed by atoms with Crippen LogP contribution in [0.25, 0.3) is 11.0 Å². The molecule has 3 aromatic rings. The van der Waals surface area contributed by atoms with Crippen molar-refractivity contribution in [2.45, 2.75) is 19.9 Å². The number of nitrogens with one attached hydrogen (secondary N) is 1. The summed E-state index contributed by atoms with van der Waals surface area (Å²) in [5.41, 5.74) is 3.24. The van der Waals surface area contributed by atoms with Crippen LogP contribution in [0.1, 0.15) is 29.9 Å². The largest absolute Gasteiger partial charge is 0.459 e. The molecule has 0 saturated carbocycles. The van der Waals surface area contributed by atoms with Crippen molar-refractivity contribution in [3.05, 3.63) is 64.1 Å². The molecule has 3 rings (SSSR count). The lowest BCUT2D eigenvalue weighted by Crippen LogP contribution is -2.21. The van der Waals surface area contributed by atoms with Gasteiger partial charge in [-0.1, -0.05) is 18.6 Å². The Bertz CT molecular complexity index is 766. The second kappa shape index (κ2) is 6.00. The summed E-state index contributed by atoms with van der Waals surface area (Å²) in [7, 11) is 0. The maximum absolute atomic E-state index is 6.03. The fourth-order valence-corrected chi connectivity index (χ4v) is 2.88. The van der Waals surface area contributed by atoms with Crippen LogP contribution in [0.5, 0.6) is 0 Å². The highest BCUT2D eigenvalue weighted by atomic mass is 79.9. The minimum atomic E-state index is 0.00714. The summed E-state index contributed by atoms with van der Waals surface area (Å²) in [6, 6.07) is 10.4. The standard InChI is InChI=1S/C17H17BrN2O/c1-3-20-17(13-7-14(18)10-19-9-13)16-8-12-6-11(2)4-5-15(12)21-16/h4-10,17,20H,3H2,1-2H3. The Morgan fingerprint density at radius 1 is 1.24 bits per heavy atom. The van der Waals surface area contributed by atoms with Crippen molar-refractivity contribution in [1.82, 2.24) is 10.3 Å². The van der Waals surface area contributed by atoms with Crippen molar-refractivity contribution >= 4 is 26.9 Å². The number of hydrogen-bond donors (Lipinski definition) is 1. The van der Waals surface area contributed by atoms with Gasteiger partial charge in [-0.05, 0) is 59.2 Å². The zero-order valence-corrected chi connectivity index (χ0v) is 13.6. The number of furan rings is 1. The zero-order valence-electron chi connectivity index (χ0n) is 12.1. The van der Waals surface area contributed by atoms with Crippen molar-refractivity contribution in [2.75, 3.05) is 6.54 Å². The van der Waals surface area contributed by atoms with Crippen LogP contribution in [-0.4, -0.2) is 11.5 Å². The number of nitrogens with zero attached hydrogens (tertiary/aromatic N) is 1. The number of hydrogen-bond acceptors (Lipinski definition) is 3. The van der Waals surface area contributed by atoms with Gasteiger partial charge in [0.2, 0.25) is 0 Å². The number of rotatable bonds is 4. The van der Waals surface area contributed by atoms with Crippen LogP contribution >= 0.6 is 15.9 Å². The molecule has 0 saturated heterocycles. The monoisotopic (exact) mass is 344 g/mol. The molecule has 0 aliphatic heterocycles. The highest BCUT2D eigenvalue weighted by Crippen LogP contribution is 2.29. The Kier molecular flexibility index (Phi) is 4.08. The van der Waals surface area contributed by atoms with E-state index in [9.17, 15) is 0 Å². The minimum absolute atomic E-state index is 0.00714. The molecule has 0 radical (unpaired) electrons. The van der Waals surface area contributed by atoms with Crippen LogP contribution in [0.15, 0.2) is 51.6 Å². The predicted octanol–water partition coefficient (Wildman–Crippen LogP) is 4.60. The maximum Gasteiger partial charge on any atom is 0.134 e. The molecule has 4 heteroatoms. The molecule has 1 aromatic carbocycles. The van der Waals surface area contributed by atoms with Gasteiger partial charge in [0.15, 0.2) is 0 Å². The molecule has 0 bridgehead atoms. The van der Waals surface area contributed by atoms with E-state index in [1.807, 2.05) is 12.3 Å². The SMILES string of the molecule is CCNC(c1cncc(Br)c1)c1cc2cc(C)ccc2o1. The first-order chi connectivity index (χ1) is 10.2. The molecule has 0 spiro atoms. The number of fused-ring (bicyclic) bond motifs is 1. The molecular formula is C17H17BrN2O. The Morgan fingerprint density at radius 3 is 2.86 bits per heavy atom. The van der Waals surface area contributed by atoms with Gasteiger partial charge in [-0.2, -0.15) is 0 Å². The average Bonchev–Trinajstić information content (AvgIpc) is 2.87. The first-order valence-electron chi connectivity index (χ1n) is 7.01. The molecule has 21 heavy (non-hydrogen) atoms. The lowest BCUT2D eigenvalue weighted by atomic mass is 10.1. The fourth-order valence-electron chi connectivity index (χ4n) is 2.50. The average molecular weight is 345 g/mol. The molecular weight excluding hydrogens is 328 g/mol. The van der Waals surface area contributed by atoms with Gasteiger partial charge in [0.05, 0.1) is 6.04 Å². The van der Waals surface area contributed by atoms with Gasteiger partial charge in [-0.25, -0.2) is 0 Å². The number of aryl methyl sites for hydroxylation is 1. The van der Waals surface area contributed by atoms with E-state index in [-0.39, 0.29) is 6.04 Å². The van der Waals surface area contributed by atoms with Crippen molar-refractivity contribution in [3.8, 4) is 0 Å². The molecule has 108 valence electrons. The van der Waals surface area contributed by atoms with Crippen molar-refractivity contribution in [3.63, 3.8) is 0 Å². The predicted molar refractivity (Wildman–Crippen MR) is 88.4 cm³/mol. The zero-order chi connectivity index (χ0) is 14.8. The van der Waals surface area contributed by atoms with E-state index in [0.717, 1.165) is 33.3 Å². The number of halogens is 1. The van der Waals surface area contributed by atoms with Gasteiger partial charge in [-0.3, -0.25) is 4.98 Å². The van der Waals surface area contributed by atoms with E-state index in [2.05, 4.69) is 64.3 Å². The molecule has 0 aliphatic carbocycles. The molecule has 3 nitrogen and oxygen atoms in total. The second-order valence-electron chi connectivity index (χ2n) is 5.12. The van der Waals surface area contributed by atoms with E-state index < -0.39 is 0 Å². The van der Waals surface area contributed by atoms with Gasteiger partial charge in [0.25, 0.3) is 0 Å². The maximum atomic E-state index is 6.03. The lowest BCUT2D eigenvalue weighted by Gasteiger charge is -2.15. The summed E-state index contributed by atoms with van der Waals surface area (Å²) in [6.45, 7) is 5.03. The van der Waals surface area contributed by atoms with Crippen LogP contribution in [0.3, 0.4) is 0 Å². The Balaban J connectivity index is 2.06. The molecule has 1 atom stereocenters. The van der Waals surface area contributed by atoms with Crippen LogP contribution in [0.4, 0.5) is 0 Å². The topological polar surface area (TPSA) is 38.1 Å². The van der Waals surface area contributed by atoms with E-state index in [1.54, 1.807) is 6.20 Å². The van der Waals surface area contributed by atoms with Crippen molar-refractivity contribution in [2.24, 2.45) is 0 Å². The molecule has 2 heterocycles. The van der Waals surface area contributed by atoms with Crippen LogP contribution in [0.2, 0.25) is 0 Å². The van der Waals surface area contributed by atoms with Crippen molar-refractivity contribution < 1.29 is 4.42 Å². The summed E-state index contributed by atoms with van der Waals surface area (Å²) < 4.78 is 6.99. The van der Waals surface area contributed by atoms with E-state index >= 15 is 0 Å². The van der Waals surface area contributed by atoms with Crippen LogP contribution in [-0.2, 0) is 0 Å². The van der Waals surface area contributed by atoms with E-state index in [1.165, 1.54) is 5.56 Å². The summed E-state index contributed by atoms with van der Waals surface area (Å²) in [6.07, 6.45) is 3.66. The first kappa shape index (κ1) is 14.3. The van der Waals surface area contributed by atoms with Gasteiger partial charge in [0, 0.05) is 22.3 Å². The smallest absolute Gasteiger partial charge is 0.134 e. The molecule has 0 fully saturated rings. The summed E-state index contributed by atoms with van der Waals surface area (Å²) in [5.74, 6) is 0.914. The third-order valence-electron chi connectivity index (χ3n) is 3.44. The number of pyridine rings is 1. The van der Waals surface area contributed by atoms with Crippen molar-refractivity contribution in [1.29, 1.82) is 0 Å². The number of benzene rings is 1. The molecule has 0 aliphatic rings. The van der Waals surface area contributed by atoms with Gasteiger partial charge in [0.1, 0.15) is 11.3 Å². The van der Waals surface area contributed by atoms with Gasteiger partial charge < -0.3 is 9.73 Å². The highest BCUT2D eigenvalue weighted by Gasteiger charge is 2.18. The molecule has 2 aromatic heterocycles. The first-order valence-corrected chi connectivity index (χ1v) is 7.80. The fraction of sp³-hybridized carbons (Fsp3) is 0.235. The lowest BCUT2D eigenvalue weighted by molar-refractivity contribution is 0.476. The molecule has 0 amide bonds. The quantitative estimate of drug-likeness (QED) is 0.751. The van der Waals surface area contributed by atoms with Crippen LogP contribution < -0.4 is 5.32 Å². The highest BCUT2D eigenvalue weighted by molar-refractivity contribution is 9.10. The third kappa shape index (κ3) is 3.01. The minimum Gasteiger partial charge on any atom is -0.459 e. The van der Waals surface area contributed by atoms with E-state index in [0.29, 0.717) is 0 Å². The Labute approximate surface area is 132 Å². The summed E-state index contributed by atoms with van der Waals surface area (Å²) in [4.78, 5) is 4.25.